The van der Waals surface area contributed by atoms with Crippen LogP contribution < -0.4 is 4.90 Å². The normalized spacial score (nSPS) is 15.7. The van der Waals surface area contributed by atoms with Gasteiger partial charge in [-0.1, -0.05) is 24.3 Å². The van der Waals surface area contributed by atoms with E-state index in [1.165, 1.54) is 16.8 Å². The summed E-state index contributed by atoms with van der Waals surface area (Å²) in [6.07, 6.45) is 2.00. The molecule has 1 saturated heterocycles. The molecule has 4 heteroatoms. The first-order chi connectivity index (χ1) is 10.7. The maximum Gasteiger partial charge on any atom is 0.0723 e. The van der Waals surface area contributed by atoms with Crippen LogP contribution in [0.3, 0.4) is 0 Å². The molecule has 4 nitrogen and oxygen atoms in total. The molecule has 2 heterocycles. The lowest BCUT2D eigenvalue weighted by Gasteiger charge is -2.26. The fourth-order valence-electron chi connectivity index (χ4n) is 2.78. The van der Waals surface area contributed by atoms with Gasteiger partial charge in [0.1, 0.15) is 0 Å². The molecule has 3 rings (SSSR count). The highest BCUT2D eigenvalue weighted by Crippen LogP contribution is 2.28. The van der Waals surface area contributed by atoms with Gasteiger partial charge in [0.25, 0.3) is 0 Å². The number of nitrogens with zero attached hydrogens (tertiary/aromatic N) is 3. The third-order valence-electron chi connectivity index (χ3n) is 4.00. The Hall–Kier alpha value is -1.91. The molecular formula is C18H23N3O. The summed E-state index contributed by atoms with van der Waals surface area (Å²) < 4.78 is 5.39. The van der Waals surface area contributed by atoms with Crippen LogP contribution in [0.4, 0.5) is 5.69 Å². The Morgan fingerprint density at radius 3 is 2.55 bits per heavy atom. The highest BCUT2D eigenvalue weighted by molar-refractivity contribution is 5.75. The highest BCUT2D eigenvalue weighted by atomic mass is 16.5. The van der Waals surface area contributed by atoms with Gasteiger partial charge in [-0.2, -0.15) is 0 Å². The van der Waals surface area contributed by atoms with Crippen LogP contribution in [-0.2, 0) is 11.3 Å². The van der Waals surface area contributed by atoms with E-state index >= 15 is 0 Å². The smallest absolute Gasteiger partial charge is 0.0723 e. The zero-order chi connectivity index (χ0) is 15.4. The molecule has 0 amide bonds. The van der Waals surface area contributed by atoms with Crippen LogP contribution in [0.15, 0.2) is 42.6 Å². The molecule has 0 unspecified atom stereocenters. The van der Waals surface area contributed by atoms with Crippen LogP contribution in [0.2, 0.25) is 0 Å². The van der Waals surface area contributed by atoms with Crippen LogP contribution >= 0.6 is 0 Å². The van der Waals surface area contributed by atoms with E-state index in [2.05, 4.69) is 65.3 Å². The number of hydrogen-bond acceptors (Lipinski definition) is 4. The molecule has 1 aromatic heterocycles. The molecule has 1 aromatic carbocycles. The Labute approximate surface area is 132 Å². The number of pyridine rings is 1. The summed E-state index contributed by atoms with van der Waals surface area (Å²) in [5, 5.41) is 0. The second-order valence-electron chi connectivity index (χ2n) is 5.85. The van der Waals surface area contributed by atoms with Crippen molar-refractivity contribution in [2.24, 2.45) is 0 Å². The van der Waals surface area contributed by atoms with E-state index in [-0.39, 0.29) is 0 Å². The van der Waals surface area contributed by atoms with E-state index < -0.39 is 0 Å². The number of rotatable bonds is 4. The SMILES string of the molecule is CN(C)c1ccccc1-c1ccc(CN2CCOCC2)cn1. The van der Waals surface area contributed by atoms with Crippen molar-refractivity contribution in [3.8, 4) is 11.3 Å². The van der Waals surface area contributed by atoms with Crippen molar-refractivity contribution in [3.63, 3.8) is 0 Å². The lowest BCUT2D eigenvalue weighted by molar-refractivity contribution is 0.0341. The van der Waals surface area contributed by atoms with Crippen molar-refractivity contribution >= 4 is 5.69 Å². The summed E-state index contributed by atoms with van der Waals surface area (Å²) in [6.45, 7) is 4.63. The predicted octanol–water partition coefficient (Wildman–Crippen LogP) is 2.65. The minimum atomic E-state index is 0.835. The average molecular weight is 297 g/mol. The van der Waals surface area contributed by atoms with E-state index in [1.807, 2.05) is 6.20 Å². The van der Waals surface area contributed by atoms with Crippen LogP contribution in [-0.4, -0.2) is 50.3 Å². The largest absolute Gasteiger partial charge is 0.379 e. The molecule has 0 N–H and O–H groups in total. The third kappa shape index (κ3) is 3.46. The Morgan fingerprint density at radius 2 is 1.86 bits per heavy atom. The van der Waals surface area contributed by atoms with Gasteiger partial charge in [-0.25, -0.2) is 0 Å². The standard InChI is InChI=1S/C18H23N3O/c1-20(2)18-6-4-3-5-16(18)17-8-7-15(13-19-17)14-21-9-11-22-12-10-21/h3-8,13H,9-12,14H2,1-2H3. The molecule has 0 radical (unpaired) electrons. The van der Waals surface area contributed by atoms with Gasteiger partial charge >= 0.3 is 0 Å². The summed E-state index contributed by atoms with van der Waals surface area (Å²) in [7, 11) is 4.12. The third-order valence-corrected chi connectivity index (χ3v) is 4.00. The minimum absolute atomic E-state index is 0.835. The number of anilines is 1. The Balaban J connectivity index is 1.76. The van der Waals surface area contributed by atoms with Crippen molar-refractivity contribution in [3.05, 3.63) is 48.2 Å². The first-order valence-electron chi connectivity index (χ1n) is 7.76. The number of benzene rings is 1. The number of hydrogen-bond donors (Lipinski definition) is 0. The monoisotopic (exact) mass is 297 g/mol. The summed E-state index contributed by atoms with van der Waals surface area (Å²) >= 11 is 0. The second kappa shape index (κ2) is 6.90. The Bertz CT molecular complexity index is 604. The van der Waals surface area contributed by atoms with Gasteiger partial charge < -0.3 is 9.64 Å². The van der Waals surface area contributed by atoms with E-state index in [0.29, 0.717) is 0 Å². The van der Waals surface area contributed by atoms with Crippen molar-refractivity contribution in [1.29, 1.82) is 0 Å². The van der Waals surface area contributed by atoms with E-state index in [4.69, 9.17) is 4.74 Å². The molecule has 0 saturated carbocycles. The van der Waals surface area contributed by atoms with Gasteiger partial charge in [-0.15, -0.1) is 0 Å². The molecule has 0 aliphatic carbocycles. The molecule has 1 aliphatic rings. The van der Waals surface area contributed by atoms with Crippen LogP contribution in [0, 0.1) is 0 Å². The summed E-state index contributed by atoms with van der Waals surface area (Å²) in [6, 6.07) is 12.7. The Kier molecular flexibility index (Phi) is 4.71. The van der Waals surface area contributed by atoms with Crippen LogP contribution in [0.5, 0.6) is 0 Å². The summed E-state index contributed by atoms with van der Waals surface area (Å²) in [4.78, 5) is 9.21. The molecule has 22 heavy (non-hydrogen) atoms. The topological polar surface area (TPSA) is 28.6 Å². The van der Waals surface area contributed by atoms with Gasteiger partial charge in [0, 0.05) is 51.2 Å². The first kappa shape index (κ1) is 15.0. The van der Waals surface area contributed by atoms with Gasteiger partial charge in [0.2, 0.25) is 0 Å². The molecule has 2 aromatic rings. The first-order valence-corrected chi connectivity index (χ1v) is 7.76. The minimum Gasteiger partial charge on any atom is -0.379 e. The van der Waals surface area contributed by atoms with Crippen molar-refractivity contribution in [1.82, 2.24) is 9.88 Å². The lowest BCUT2D eigenvalue weighted by Crippen LogP contribution is -2.35. The fraction of sp³-hybridized carbons (Fsp3) is 0.389. The van der Waals surface area contributed by atoms with Gasteiger partial charge in [0.15, 0.2) is 0 Å². The number of ether oxygens (including phenoxy) is 1. The molecular weight excluding hydrogens is 274 g/mol. The maximum atomic E-state index is 5.39. The quantitative estimate of drug-likeness (QED) is 0.867. The second-order valence-corrected chi connectivity index (χ2v) is 5.85. The predicted molar refractivity (Wildman–Crippen MR) is 90.1 cm³/mol. The Morgan fingerprint density at radius 1 is 1.09 bits per heavy atom. The molecule has 116 valence electrons. The molecule has 1 aliphatic heterocycles. The highest BCUT2D eigenvalue weighted by Gasteiger charge is 2.12. The number of aromatic nitrogens is 1. The van der Waals surface area contributed by atoms with Crippen molar-refractivity contribution < 1.29 is 4.74 Å². The van der Waals surface area contributed by atoms with Gasteiger partial charge in [-0.3, -0.25) is 9.88 Å². The lowest BCUT2D eigenvalue weighted by atomic mass is 10.1. The van der Waals surface area contributed by atoms with E-state index in [0.717, 1.165) is 38.5 Å². The summed E-state index contributed by atoms with van der Waals surface area (Å²) in [5.41, 5.74) is 4.64. The maximum absolute atomic E-state index is 5.39. The molecule has 0 atom stereocenters. The van der Waals surface area contributed by atoms with Gasteiger partial charge in [-0.05, 0) is 17.7 Å². The molecule has 1 fully saturated rings. The van der Waals surface area contributed by atoms with Crippen LogP contribution in [0.1, 0.15) is 5.56 Å². The van der Waals surface area contributed by atoms with E-state index in [9.17, 15) is 0 Å². The van der Waals surface area contributed by atoms with Crippen molar-refractivity contribution in [2.75, 3.05) is 45.3 Å². The molecule has 0 bridgehead atoms. The van der Waals surface area contributed by atoms with Gasteiger partial charge in [0.05, 0.1) is 18.9 Å². The van der Waals surface area contributed by atoms with Crippen LogP contribution in [0.25, 0.3) is 11.3 Å². The molecule has 0 spiro atoms. The van der Waals surface area contributed by atoms with Crippen molar-refractivity contribution in [2.45, 2.75) is 6.54 Å². The van der Waals surface area contributed by atoms with E-state index in [1.54, 1.807) is 0 Å². The number of morpholine rings is 1. The summed E-state index contributed by atoms with van der Waals surface area (Å²) in [5.74, 6) is 0. The fourth-order valence-corrected chi connectivity index (χ4v) is 2.78. The zero-order valence-corrected chi connectivity index (χ0v) is 13.3. The zero-order valence-electron chi connectivity index (χ0n) is 13.3. The average Bonchev–Trinajstić information content (AvgIpc) is 2.56. The number of para-hydroxylation sites is 1.